The molecule has 2 aromatic rings. The maximum Gasteiger partial charge on any atom is 0.271 e. The van der Waals surface area contributed by atoms with E-state index in [4.69, 9.17) is 34.8 Å². The first-order chi connectivity index (χ1) is 9.97. The Hall–Kier alpha value is -1.75. The highest BCUT2D eigenvalue weighted by Gasteiger charge is 2.06. The number of aromatic hydroxyl groups is 1. The highest BCUT2D eigenvalue weighted by Crippen LogP contribution is 2.32. The molecule has 0 aromatic heterocycles. The van der Waals surface area contributed by atoms with E-state index in [0.29, 0.717) is 16.1 Å². The number of carbonyl (C=O) groups excluding carboxylic acids is 1. The largest absolute Gasteiger partial charge is 0.505 e. The Morgan fingerprint density at radius 1 is 1.14 bits per heavy atom. The zero-order valence-electron chi connectivity index (χ0n) is 10.5. The number of halogens is 3. The number of hydrogen-bond donors (Lipinski definition) is 2. The minimum Gasteiger partial charge on any atom is -0.505 e. The standard InChI is InChI=1S/C14H9Cl3N2O2/c15-10-3-1-2-9(6-10)14(21)19-18-7-8-4-11(16)13(20)12(17)5-8/h1-7,20H,(H,19,21)/b18-7+. The summed E-state index contributed by atoms with van der Waals surface area (Å²) in [5, 5.41) is 13.9. The summed E-state index contributed by atoms with van der Waals surface area (Å²) < 4.78 is 0. The van der Waals surface area contributed by atoms with E-state index in [9.17, 15) is 9.90 Å². The van der Waals surface area contributed by atoms with E-state index in [-0.39, 0.29) is 15.8 Å². The van der Waals surface area contributed by atoms with Gasteiger partial charge in [-0.1, -0.05) is 40.9 Å². The summed E-state index contributed by atoms with van der Waals surface area (Å²) in [4.78, 5) is 11.8. The number of hydrogen-bond acceptors (Lipinski definition) is 3. The minimum atomic E-state index is -0.398. The van der Waals surface area contributed by atoms with E-state index in [2.05, 4.69) is 10.5 Å². The quantitative estimate of drug-likeness (QED) is 0.650. The molecule has 0 atom stereocenters. The molecular formula is C14H9Cl3N2O2. The van der Waals surface area contributed by atoms with Crippen LogP contribution in [-0.2, 0) is 0 Å². The summed E-state index contributed by atoms with van der Waals surface area (Å²) in [5.74, 6) is -0.594. The molecule has 4 nitrogen and oxygen atoms in total. The predicted octanol–water partition coefficient (Wildman–Crippen LogP) is 4.12. The Morgan fingerprint density at radius 2 is 1.81 bits per heavy atom. The molecule has 0 unspecified atom stereocenters. The molecule has 0 aliphatic rings. The lowest BCUT2D eigenvalue weighted by Crippen LogP contribution is -2.17. The highest BCUT2D eigenvalue weighted by atomic mass is 35.5. The molecule has 0 radical (unpaired) electrons. The molecule has 0 fully saturated rings. The lowest BCUT2D eigenvalue weighted by molar-refractivity contribution is 0.0955. The van der Waals surface area contributed by atoms with Crippen LogP contribution in [-0.4, -0.2) is 17.2 Å². The number of hydrazone groups is 1. The number of phenols is 1. The van der Waals surface area contributed by atoms with Gasteiger partial charge < -0.3 is 5.11 Å². The normalized spacial score (nSPS) is 10.8. The highest BCUT2D eigenvalue weighted by molar-refractivity contribution is 6.37. The summed E-state index contributed by atoms with van der Waals surface area (Å²) in [6.07, 6.45) is 1.36. The zero-order chi connectivity index (χ0) is 15.4. The predicted molar refractivity (Wildman–Crippen MR) is 84.6 cm³/mol. The van der Waals surface area contributed by atoms with Crippen LogP contribution in [0.3, 0.4) is 0 Å². The van der Waals surface area contributed by atoms with Crippen LogP contribution in [0.25, 0.3) is 0 Å². The number of phenolic OH excluding ortho intramolecular Hbond substituents is 1. The van der Waals surface area contributed by atoms with Crippen molar-refractivity contribution in [2.45, 2.75) is 0 Å². The molecule has 2 aromatic carbocycles. The van der Waals surface area contributed by atoms with Crippen LogP contribution < -0.4 is 5.43 Å². The number of rotatable bonds is 3. The minimum absolute atomic E-state index is 0.102. The van der Waals surface area contributed by atoms with Crippen LogP contribution in [0.5, 0.6) is 5.75 Å². The summed E-state index contributed by atoms with van der Waals surface area (Å²) >= 11 is 17.3. The van der Waals surface area contributed by atoms with Gasteiger partial charge in [-0.2, -0.15) is 5.10 Å². The van der Waals surface area contributed by atoms with Gasteiger partial charge in [-0.05, 0) is 35.9 Å². The van der Waals surface area contributed by atoms with Gasteiger partial charge in [0.25, 0.3) is 5.91 Å². The van der Waals surface area contributed by atoms with Gasteiger partial charge in [-0.15, -0.1) is 0 Å². The maximum atomic E-state index is 11.8. The molecule has 7 heteroatoms. The lowest BCUT2D eigenvalue weighted by Gasteiger charge is -2.02. The summed E-state index contributed by atoms with van der Waals surface area (Å²) in [5.41, 5.74) is 3.28. The van der Waals surface area contributed by atoms with E-state index in [1.54, 1.807) is 18.2 Å². The second kappa shape index (κ2) is 6.80. The molecule has 2 rings (SSSR count). The Bertz CT molecular complexity index is 694. The van der Waals surface area contributed by atoms with Crippen molar-refractivity contribution < 1.29 is 9.90 Å². The number of nitrogens with one attached hydrogen (secondary N) is 1. The van der Waals surface area contributed by atoms with Crippen molar-refractivity contribution >= 4 is 46.9 Å². The van der Waals surface area contributed by atoms with E-state index in [1.807, 2.05) is 0 Å². The third kappa shape index (κ3) is 4.11. The Kier molecular flexibility index (Phi) is 5.07. The molecular weight excluding hydrogens is 335 g/mol. The van der Waals surface area contributed by atoms with Gasteiger partial charge in [-0.3, -0.25) is 4.79 Å². The van der Waals surface area contributed by atoms with Gasteiger partial charge in [0, 0.05) is 10.6 Å². The molecule has 1 amide bonds. The molecule has 0 heterocycles. The first kappa shape index (κ1) is 15.6. The molecule has 0 saturated heterocycles. The zero-order valence-corrected chi connectivity index (χ0v) is 12.7. The topological polar surface area (TPSA) is 61.7 Å². The van der Waals surface area contributed by atoms with Crippen LogP contribution in [0.1, 0.15) is 15.9 Å². The van der Waals surface area contributed by atoms with Crippen molar-refractivity contribution in [1.82, 2.24) is 5.43 Å². The van der Waals surface area contributed by atoms with Crippen molar-refractivity contribution in [3.63, 3.8) is 0 Å². The number of benzene rings is 2. The molecule has 0 spiro atoms. The van der Waals surface area contributed by atoms with Crippen molar-refractivity contribution in [2.75, 3.05) is 0 Å². The second-order valence-electron chi connectivity index (χ2n) is 4.04. The fraction of sp³-hybridized carbons (Fsp3) is 0. The fourth-order valence-electron chi connectivity index (χ4n) is 1.52. The van der Waals surface area contributed by atoms with Crippen LogP contribution in [0, 0.1) is 0 Å². The third-order valence-corrected chi connectivity index (χ3v) is 3.32. The van der Waals surface area contributed by atoms with Crippen molar-refractivity contribution in [2.24, 2.45) is 5.10 Å². The Morgan fingerprint density at radius 3 is 2.43 bits per heavy atom. The van der Waals surface area contributed by atoms with Gasteiger partial charge in [0.15, 0.2) is 5.75 Å². The Labute approximate surface area is 135 Å². The fourth-order valence-corrected chi connectivity index (χ4v) is 2.21. The van der Waals surface area contributed by atoms with E-state index < -0.39 is 5.91 Å². The van der Waals surface area contributed by atoms with Crippen LogP contribution in [0.15, 0.2) is 41.5 Å². The molecule has 21 heavy (non-hydrogen) atoms. The molecule has 2 N–H and O–H groups in total. The number of carbonyl (C=O) groups is 1. The van der Waals surface area contributed by atoms with E-state index >= 15 is 0 Å². The maximum absolute atomic E-state index is 11.8. The molecule has 0 bridgehead atoms. The first-order valence-electron chi connectivity index (χ1n) is 5.74. The first-order valence-corrected chi connectivity index (χ1v) is 6.88. The Balaban J connectivity index is 2.07. The summed E-state index contributed by atoms with van der Waals surface area (Å²) in [6, 6.07) is 9.42. The van der Waals surface area contributed by atoms with Crippen LogP contribution in [0.4, 0.5) is 0 Å². The molecule has 0 aliphatic heterocycles. The summed E-state index contributed by atoms with van der Waals surface area (Å²) in [6.45, 7) is 0. The van der Waals surface area contributed by atoms with Crippen molar-refractivity contribution in [1.29, 1.82) is 0 Å². The summed E-state index contributed by atoms with van der Waals surface area (Å²) in [7, 11) is 0. The van der Waals surface area contributed by atoms with Gasteiger partial charge in [0.05, 0.1) is 16.3 Å². The van der Waals surface area contributed by atoms with Crippen LogP contribution >= 0.6 is 34.8 Å². The second-order valence-corrected chi connectivity index (χ2v) is 5.29. The van der Waals surface area contributed by atoms with Crippen molar-refractivity contribution in [3.05, 3.63) is 62.6 Å². The van der Waals surface area contributed by atoms with Crippen molar-refractivity contribution in [3.8, 4) is 5.75 Å². The van der Waals surface area contributed by atoms with Gasteiger partial charge in [0.1, 0.15) is 0 Å². The molecule has 0 aliphatic carbocycles. The SMILES string of the molecule is O=C(N/N=C/c1cc(Cl)c(O)c(Cl)c1)c1cccc(Cl)c1. The number of amides is 1. The van der Waals surface area contributed by atoms with E-state index in [1.165, 1.54) is 24.4 Å². The third-order valence-electron chi connectivity index (χ3n) is 2.51. The van der Waals surface area contributed by atoms with Gasteiger partial charge >= 0.3 is 0 Å². The van der Waals surface area contributed by atoms with Gasteiger partial charge in [0.2, 0.25) is 0 Å². The average Bonchev–Trinajstić information content (AvgIpc) is 2.44. The van der Waals surface area contributed by atoms with E-state index in [0.717, 1.165) is 0 Å². The average molecular weight is 344 g/mol. The smallest absolute Gasteiger partial charge is 0.271 e. The molecule has 108 valence electrons. The monoisotopic (exact) mass is 342 g/mol. The van der Waals surface area contributed by atoms with Crippen LogP contribution in [0.2, 0.25) is 15.1 Å². The lowest BCUT2D eigenvalue weighted by atomic mass is 10.2. The van der Waals surface area contributed by atoms with Gasteiger partial charge in [-0.25, -0.2) is 5.43 Å². The molecule has 0 saturated carbocycles. The number of nitrogens with zero attached hydrogens (tertiary/aromatic N) is 1.